The van der Waals surface area contributed by atoms with E-state index >= 15 is 0 Å². The molecular formula is C29H25ClN2O5. The number of carbonyl (C=O) groups is 4. The first kappa shape index (κ1) is 22.7. The Labute approximate surface area is 219 Å². The Balaban J connectivity index is 1.07. The van der Waals surface area contributed by atoms with Gasteiger partial charge in [0.1, 0.15) is 5.75 Å². The third-order valence-electron chi connectivity index (χ3n) is 8.88. The molecule has 2 aliphatic heterocycles. The highest BCUT2D eigenvalue weighted by Gasteiger charge is 2.67. The van der Waals surface area contributed by atoms with E-state index in [1.807, 2.05) is 19.1 Å². The minimum Gasteiger partial charge on any atom is -0.426 e. The number of imide groups is 1. The van der Waals surface area contributed by atoms with Crippen molar-refractivity contribution >= 4 is 46.7 Å². The van der Waals surface area contributed by atoms with Crippen molar-refractivity contribution in [3.63, 3.8) is 0 Å². The molecule has 0 radical (unpaired) electrons. The van der Waals surface area contributed by atoms with Gasteiger partial charge in [-0.2, -0.15) is 0 Å². The molecule has 4 fully saturated rings. The van der Waals surface area contributed by atoms with Crippen molar-refractivity contribution in [2.45, 2.75) is 19.8 Å². The number of anilines is 2. The highest BCUT2D eigenvalue weighted by atomic mass is 35.5. The molecule has 2 aromatic rings. The predicted molar refractivity (Wildman–Crippen MR) is 136 cm³/mol. The van der Waals surface area contributed by atoms with Gasteiger partial charge in [-0.3, -0.25) is 19.2 Å². The van der Waals surface area contributed by atoms with Crippen molar-refractivity contribution in [2.75, 3.05) is 16.3 Å². The molecule has 2 aromatic carbocycles. The van der Waals surface area contributed by atoms with Crippen LogP contribution < -0.4 is 14.5 Å². The molecule has 4 aliphatic carbocycles. The number of aryl methyl sites for hydroxylation is 1. The summed E-state index contributed by atoms with van der Waals surface area (Å²) in [7, 11) is 0. The highest BCUT2D eigenvalue weighted by molar-refractivity contribution is 6.31. The van der Waals surface area contributed by atoms with Gasteiger partial charge in [0.2, 0.25) is 17.7 Å². The van der Waals surface area contributed by atoms with Crippen LogP contribution in [0.25, 0.3) is 0 Å². The summed E-state index contributed by atoms with van der Waals surface area (Å²) >= 11 is 6.22. The van der Waals surface area contributed by atoms with E-state index in [9.17, 15) is 19.2 Å². The SMILES string of the molecule is Cc1ccc(N2C[C@H](C(=O)Oc3cccc(N4C(=O)[C@@H]5[C@H]6C=C[C@@H]([C@@H]7C[C@@H]67)[C@H]5C4=O)c3)CC2=O)cc1Cl. The van der Waals surface area contributed by atoms with Gasteiger partial charge in [0.05, 0.1) is 23.4 Å². The van der Waals surface area contributed by atoms with Gasteiger partial charge in [0.15, 0.2) is 0 Å². The Morgan fingerprint density at radius 1 is 0.946 bits per heavy atom. The summed E-state index contributed by atoms with van der Waals surface area (Å²) in [6.45, 7) is 2.08. The molecule has 2 saturated carbocycles. The zero-order valence-corrected chi connectivity index (χ0v) is 20.9. The standard InChI is InChI=1S/C29H25ClN2O5/c1-14-5-6-16(11-23(14)30)31-13-15(9-24(31)33)29(36)37-18-4-2-3-17(10-18)32-27(34)25-19-7-8-20(22-12-21(19)22)26(25)28(32)35/h2-8,10-11,15,19-22,25-26H,9,12-13H2,1H3/t15-,19+,20+,21+,22+,25-,26-/m1/s1. The first-order chi connectivity index (χ1) is 17.8. The zero-order valence-electron chi connectivity index (χ0n) is 20.2. The number of hydrogen-bond donors (Lipinski definition) is 0. The van der Waals surface area contributed by atoms with Crippen LogP contribution in [-0.2, 0) is 19.2 Å². The van der Waals surface area contributed by atoms with Crippen molar-refractivity contribution in [3.8, 4) is 5.75 Å². The molecular weight excluding hydrogens is 492 g/mol. The molecule has 2 bridgehead atoms. The molecule has 2 heterocycles. The van der Waals surface area contributed by atoms with E-state index in [4.69, 9.17) is 16.3 Å². The Hall–Kier alpha value is -3.45. The Morgan fingerprint density at radius 3 is 2.32 bits per heavy atom. The monoisotopic (exact) mass is 516 g/mol. The smallest absolute Gasteiger partial charge is 0.316 e. The van der Waals surface area contributed by atoms with E-state index < -0.39 is 11.9 Å². The van der Waals surface area contributed by atoms with Crippen LogP contribution in [0.15, 0.2) is 54.6 Å². The number of ether oxygens (including phenoxy) is 1. The summed E-state index contributed by atoms with van der Waals surface area (Å²) in [6.07, 6.45) is 5.43. The number of halogens is 1. The summed E-state index contributed by atoms with van der Waals surface area (Å²) in [5.41, 5.74) is 1.97. The van der Waals surface area contributed by atoms with Gasteiger partial charge in [-0.1, -0.05) is 35.9 Å². The Morgan fingerprint density at radius 2 is 1.65 bits per heavy atom. The lowest BCUT2D eigenvalue weighted by molar-refractivity contribution is -0.139. The van der Waals surface area contributed by atoms with Gasteiger partial charge in [-0.05, 0) is 66.8 Å². The molecule has 8 rings (SSSR count). The van der Waals surface area contributed by atoms with Crippen LogP contribution in [0.3, 0.4) is 0 Å². The summed E-state index contributed by atoms with van der Waals surface area (Å²) in [6, 6.07) is 11.9. The third kappa shape index (κ3) is 3.40. The molecule has 0 spiro atoms. The van der Waals surface area contributed by atoms with Crippen molar-refractivity contribution in [2.24, 2.45) is 41.4 Å². The lowest BCUT2D eigenvalue weighted by atomic mass is 9.63. The summed E-state index contributed by atoms with van der Waals surface area (Å²) in [5.74, 6) is -0.625. The normalized spacial score (nSPS) is 33.1. The molecule has 0 unspecified atom stereocenters. The maximum atomic E-state index is 13.4. The number of amides is 3. The van der Waals surface area contributed by atoms with Crippen LogP contribution in [-0.4, -0.2) is 30.2 Å². The number of hydrogen-bond acceptors (Lipinski definition) is 5. The van der Waals surface area contributed by atoms with Crippen LogP contribution in [0.1, 0.15) is 18.4 Å². The lowest BCUT2D eigenvalue weighted by Crippen LogP contribution is -2.40. The second kappa shape index (κ2) is 8.02. The summed E-state index contributed by atoms with van der Waals surface area (Å²) in [5, 5.41) is 0.555. The van der Waals surface area contributed by atoms with Crippen molar-refractivity contribution in [1.82, 2.24) is 0 Å². The molecule has 0 aromatic heterocycles. The van der Waals surface area contributed by atoms with Crippen molar-refractivity contribution < 1.29 is 23.9 Å². The van der Waals surface area contributed by atoms with Crippen LogP contribution in [0, 0.1) is 48.3 Å². The maximum Gasteiger partial charge on any atom is 0.316 e. The van der Waals surface area contributed by atoms with E-state index in [1.54, 1.807) is 35.2 Å². The Kier molecular flexibility index (Phi) is 4.93. The molecule has 37 heavy (non-hydrogen) atoms. The van der Waals surface area contributed by atoms with Crippen LogP contribution in [0.2, 0.25) is 5.02 Å². The fourth-order valence-corrected chi connectivity index (χ4v) is 7.14. The van der Waals surface area contributed by atoms with Gasteiger partial charge < -0.3 is 9.64 Å². The van der Waals surface area contributed by atoms with Gasteiger partial charge in [-0.15, -0.1) is 0 Å². The number of esters is 1. The quantitative estimate of drug-likeness (QED) is 0.264. The Bertz CT molecular complexity index is 1380. The topological polar surface area (TPSA) is 84.0 Å². The molecule has 7 nitrogen and oxygen atoms in total. The molecule has 2 saturated heterocycles. The van der Waals surface area contributed by atoms with Gasteiger partial charge in [0, 0.05) is 29.7 Å². The molecule has 0 N–H and O–H groups in total. The fourth-order valence-electron chi connectivity index (χ4n) is 6.96. The molecule has 3 amide bonds. The summed E-state index contributed by atoms with van der Waals surface area (Å²) < 4.78 is 5.64. The average Bonchev–Trinajstić information content (AvgIpc) is 3.56. The van der Waals surface area contributed by atoms with Gasteiger partial charge >= 0.3 is 5.97 Å². The number of nitrogens with zero attached hydrogens (tertiary/aromatic N) is 2. The van der Waals surface area contributed by atoms with Crippen LogP contribution >= 0.6 is 11.6 Å². The predicted octanol–water partition coefficient (Wildman–Crippen LogP) is 4.16. The lowest BCUT2D eigenvalue weighted by Gasteiger charge is -2.37. The maximum absolute atomic E-state index is 13.4. The molecule has 8 heteroatoms. The van der Waals surface area contributed by atoms with Crippen LogP contribution in [0.4, 0.5) is 11.4 Å². The second-order valence-corrected chi connectivity index (χ2v) is 11.3. The number of allylic oxidation sites excluding steroid dienone is 2. The highest BCUT2D eigenvalue weighted by Crippen LogP contribution is 2.65. The third-order valence-corrected chi connectivity index (χ3v) is 9.29. The molecule has 7 atom stereocenters. The minimum absolute atomic E-state index is 0.0363. The summed E-state index contributed by atoms with van der Waals surface area (Å²) in [4.78, 5) is 55.3. The van der Waals surface area contributed by atoms with Crippen LogP contribution in [0.5, 0.6) is 5.75 Å². The van der Waals surface area contributed by atoms with E-state index in [-0.39, 0.29) is 60.1 Å². The van der Waals surface area contributed by atoms with Gasteiger partial charge in [0.25, 0.3) is 0 Å². The minimum atomic E-state index is -0.637. The number of carbonyl (C=O) groups excluding carboxylic acids is 4. The number of benzene rings is 2. The first-order valence-corrected chi connectivity index (χ1v) is 13.1. The van der Waals surface area contributed by atoms with Crippen molar-refractivity contribution in [1.29, 1.82) is 0 Å². The van der Waals surface area contributed by atoms with Crippen molar-refractivity contribution in [3.05, 3.63) is 65.2 Å². The van der Waals surface area contributed by atoms with E-state index in [0.717, 1.165) is 12.0 Å². The van der Waals surface area contributed by atoms with Gasteiger partial charge in [-0.25, -0.2) is 4.90 Å². The largest absolute Gasteiger partial charge is 0.426 e. The molecule has 6 aliphatic rings. The molecule has 188 valence electrons. The average molecular weight is 517 g/mol. The number of rotatable bonds is 4. The van der Waals surface area contributed by atoms with E-state index in [0.29, 0.717) is 28.2 Å². The fraction of sp³-hybridized carbons (Fsp3) is 0.379. The zero-order chi connectivity index (χ0) is 25.6. The first-order valence-electron chi connectivity index (χ1n) is 12.8. The van der Waals surface area contributed by atoms with E-state index in [2.05, 4.69) is 12.2 Å². The van der Waals surface area contributed by atoms with E-state index in [1.165, 1.54) is 4.90 Å². The second-order valence-electron chi connectivity index (χ2n) is 10.9.